The fraction of sp³-hybridized carbons (Fsp3) is 0.150. The minimum Gasteiger partial charge on any atom is -0.457 e. The van der Waals surface area contributed by atoms with E-state index in [1.54, 1.807) is 48.5 Å². The summed E-state index contributed by atoms with van der Waals surface area (Å²) in [7, 11) is -2.29. The van der Waals surface area contributed by atoms with Crippen LogP contribution in [-0.4, -0.2) is 27.6 Å². The zero-order valence-corrected chi connectivity index (χ0v) is 17.8. The minimum absolute atomic E-state index is 0.0548. The van der Waals surface area contributed by atoms with Crippen LogP contribution in [0.25, 0.3) is 0 Å². The van der Waals surface area contributed by atoms with Crippen LogP contribution in [0.2, 0.25) is 0 Å². The van der Waals surface area contributed by atoms with Crippen molar-refractivity contribution in [2.75, 3.05) is 12.5 Å². The number of carbonyl (C=O) groups is 1. The van der Waals surface area contributed by atoms with E-state index in [-0.39, 0.29) is 12.3 Å². The van der Waals surface area contributed by atoms with Gasteiger partial charge in [-0.2, -0.15) is 4.36 Å². The van der Waals surface area contributed by atoms with Gasteiger partial charge < -0.3 is 9.47 Å². The Morgan fingerprint density at radius 1 is 1.10 bits per heavy atom. The summed E-state index contributed by atoms with van der Waals surface area (Å²) in [6.07, 6.45) is 3.05. The maximum Gasteiger partial charge on any atom is 0.348 e. The first kappa shape index (κ1) is 21.5. The number of nitrogens with zero attached hydrogens (tertiary/aromatic N) is 2. The second-order valence-corrected chi connectivity index (χ2v) is 10.1. The molecule has 0 unspecified atom stereocenters. The second-order valence-electron chi connectivity index (χ2n) is 6.49. The first-order valence-corrected chi connectivity index (χ1v) is 11.8. The zero-order valence-electron chi connectivity index (χ0n) is 16.1. The monoisotopic (exact) mass is 446 g/mol. The van der Waals surface area contributed by atoms with Gasteiger partial charge in [0.15, 0.2) is 0 Å². The van der Waals surface area contributed by atoms with E-state index in [9.17, 15) is 19.1 Å². The van der Waals surface area contributed by atoms with E-state index in [2.05, 4.69) is 4.36 Å². The highest BCUT2D eigenvalue weighted by Crippen LogP contribution is 2.27. The molecular weight excluding hydrogens is 428 g/mol. The van der Waals surface area contributed by atoms with Crippen molar-refractivity contribution in [3.05, 3.63) is 81.2 Å². The number of benzene rings is 2. The number of hydrogen-bond acceptors (Lipinski definition) is 8. The van der Waals surface area contributed by atoms with Crippen molar-refractivity contribution in [1.82, 2.24) is 0 Å². The molecule has 0 atom stereocenters. The Morgan fingerprint density at radius 2 is 1.83 bits per heavy atom. The fourth-order valence-electron chi connectivity index (χ4n) is 2.37. The molecule has 0 spiro atoms. The molecule has 0 N–H and O–H groups in total. The van der Waals surface area contributed by atoms with Crippen molar-refractivity contribution in [1.29, 1.82) is 0 Å². The van der Waals surface area contributed by atoms with Crippen molar-refractivity contribution in [3.8, 4) is 11.5 Å². The minimum atomic E-state index is -2.29. The van der Waals surface area contributed by atoms with Gasteiger partial charge in [-0.05, 0) is 35.9 Å². The molecule has 156 valence electrons. The van der Waals surface area contributed by atoms with Gasteiger partial charge >= 0.3 is 5.97 Å². The number of non-ortho nitro benzene ring substituents is 1. The maximum atomic E-state index is 12.2. The lowest BCUT2D eigenvalue weighted by molar-refractivity contribution is -0.384. The Labute approximate surface area is 177 Å². The molecule has 0 fully saturated rings. The number of rotatable bonds is 7. The van der Waals surface area contributed by atoms with Gasteiger partial charge in [-0.3, -0.25) is 10.1 Å². The molecule has 30 heavy (non-hydrogen) atoms. The van der Waals surface area contributed by atoms with Crippen LogP contribution in [0.1, 0.15) is 15.2 Å². The van der Waals surface area contributed by atoms with Crippen LogP contribution >= 0.6 is 11.3 Å². The highest BCUT2D eigenvalue weighted by atomic mass is 32.2. The van der Waals surface area contributed by atoms with Gasteiger partial charge in [-0.15, -0.1) is 11.3 Å². The molecule has 0 aliphatic carbocycles. The number of esters is 1. The van der Waals surface area contributed by atoms with Gasteiger partial charge in [-0.1, -0.05) is 18.2 Å². The molecule has 0 bridgehead atoms. The van der Waals surface area contributed by atoms with Crippen LogP contribution in [0, 0.1) is 10.1 Å². The predicted molar refractivity (Wildman–Crippen MR) is 115 cm³/mol. The lowest BCUT2D eigenvalue weighted by atomic mass is 10.2. The van der Waals surface area contributed by atoms with E-state index in [1.165, 1.54) is 24.6 Å². The van der Waals surface area contributed by atoms with Gasteiger partial charge in [0.25, 0.3) is 5.69 Å². The number of carbonyl (C=O) groups excluding carboxylic acids is 1. The average Bonchev–Trinajstić information content (AvgIpc) is 3.14. The number of hydrogen-bond donors (Lipinski definition) is 0. The molecule has 3 aromatic rings. The van der Waals surface area contributed by atoms with Crippen LogP contribution in [0.15, 0.2) is 65.0 Å². The van der Waals surface area contributed by atoms with E-state index < -0.39 is 20.6 Å². The Balaban J connectivity index is 1.58. The first-order valence-electron chi connectivity index (χ1n) is 8.65. The quantitative estimate of drug-likeness (QED) is 0.282. The molecule has 0 saturated carbocycles. The lowest BCUT2D eigenvalue weighted by Crippen LogP contribution is -2.02. The first-order chi connectivity index (χ1) is 14.2. The zero-order chi connectivity index (χ0) is 21.7. The summed E-state index contributed by atoms with van der Waals surface area (Å²) < 4.78 is 26.7. The predicted octanol–water partition coefficient (Wildman–Crippen LogP) is 5.16. The van der Waals surface area contributed by atoms with Gasteiger partial charge in [0.1, 0.15) is 28.0 Å². The maximum absolute atomic E-state index is 12.2. The topological polar surface area (TPSA) is 108 Å². The molecule has 0 amide bonds. The fourth-order valence-corrected chi connectivity index (χ4v) is 4.20. The van der Waals surface area contributed by atoms with Gasteiger partial charge in [0.05, 0.1) is 11.0 Å². The molecule has 0 radical (unpaired) electrons. The standard InChI is InChI=1S/C20H18N2O6S2/c1-30(2,26)21-19-11-10-18(29-19)20(23)27-13-14-6-8-16(9-7-14)28-17-5-3-4-15(12-17)22(24)25/h3-12H,13H2,1-2H3. The van der Waals surface area contributed by atoms with Gasteiger partial charge in [-0.25, -0.2) is 9.00 Å². The highest BCUT2D eigenvalue weighted by Gasteiger charge is 2.12. The van der Waals surface area contributed by atoms with Crippen molar-refractivity contribution in [2.24, 2.45) is 4.36 Å². The SMILES string of the molecule is CS(C)(=O)=Nc1ccc(C(=O)OCc2ccc(Oc3cccc([N+](=O)[O-])c3)cc2)s1. The molecular formula is C20H18N2O6S2. The Hall–Kier alpha value is -3.24. The van der Waals surface area contributed by atoms with Crippen LogP contribution in [0.5, 0.6) is 11.5 Å². The summed E-state index contributed by atoms with van der Waals surface area (Å²) in [4.78, 5) is 22.9. The highest BCUT2D eigenvalue weighted by molar-refractivity contribution is 7.92. The molecule has 2 aromatic carbocycles. The normalized spacial score (nSPS) is 11.0. The van der Waals surface area contributed by atoms with Gasteiger partial charge in [0, 0.05) is 28.3 Å². The molecule has 10 heteroatoms. The molecule has 0 saturated heterocycles. The number of thiophene rings is 1. The number of nitro benzene ring substituents is 1. The summed E-state index contributed by atoms with van der Waals surface area (Å²) in [5.74, 6) is 0.361. The third-order valence-electron chi connectivity index (χ3n) is 3.66. The number of nitro groups is 1. The molecule has 8 nitrogen and oxygen atoms in total. The second kappa shape index (κ2) is 9.06. The van der Waals surface area contributed by atoms with Crippen molar-refractivity contribution < 1.29 is 23.4 Å². The average molecular weight is 447 g/mol. The molecule has 3 rings (SSSR count). The Bertz CT molecular complexity index is 1190. The third-order valence-corrected chi connectivity index (χ3v) is 5.37. The van der Waals surface area contributed by atoms with Gasteiger partial charge in [0.2, 0.25) is 0 Å². The van der Waals surface area contributed by atoms with Crippen LogP contribution in [0.4, 0.5) is 10.7 Å². The van der Waals surface area contributed by atoms with Crippen LogP contribution < -0.4 is 4.74 Å². The summed E-state index contributed by atoms with van der Waals surface area (Å²) in [5.41, 5.74) is 0.696. The van der Waals surface area contributed by atoms with E-state index in [0.717, 1.165) is 16.9 Å². The largest absolute Gasteiger partial charge is 0.457 e. The van der Waals surface area contributed by atoms with E-state index in [4.69, 9.17) is 9.47 Å². The van der Waals surface area contributed by atoms with E-state index in [1.807, 2.05) is 0 Å². The van der Waals surface area contributed by atoms with Crippen molar-refractivity contribution >= 4 is 37.7 Å². The number of ether oxygens (including phenoxy) is 2. The third kappa shape index (κ3) is 6.13. The van der Waals surface area contributed by atoms with Crippen LogP contribution in [-0.2, 0) is 21.1 Å². The van der Waals surface area contributed by atoms with Crippen molar-refractivity contribution in [3.63, 3.8) is 0 Å². The molecule has 0 aliphatic rings. The summed E-state index contributed by atoms with van der Waals surface area (Å²) >= 11 is 1.12. The molecule has 1 heterocycles. The summed E-state index contributed by atoms with van der Waals surface area (Å²) in [5, 5.41) is 11.3. The Morgan fingerprint density at radius 3 is 2.50 bits per heavy atom. The van der Waals surface area contributed by atoms with E-state index >= 15 is 0 Å². The lowest BCUT2D eigenvalue weighted by Gasteiger charge is -2.07. The summed E-state index contributed by atoms with van der Waals surface area (Å²) in [6.45, 7) is 0.0681. The smallest absolute Gasteiger partial charge is 0.348 e. The molecule has 1 aromatic heterocycles. The molecule has 0 aliphatic heterocycles. The Kier molecular flexibility index (Phi) is 6.48. The summed E-state index contributed by atoms with van der Waals surface area (Å²) in [6, 6.07) is 16.0. The van der Waals surface area contributed by atoms with E-state index in [0.29, 0.717) is 21.4 Å². The van der Waals surface area contributed by atoms with Crippen LogP contribution in [0.3, 0.4) is 0 Å². The van der Waals surface area contributed by atoms with Crippen molar-refractivity contribution in [2.45, 2.75) is 6.61 Å².